The Kier molecular flexibility index (Phi) is 5.64. The highest BCUT2D eigenvalue weighted by atomic mass is 35.5. The second-order valence-corrected chi connectivity index (χ2v) is 5.99. The number of anilines is 2. The van der Waals surface area contributed by atoms with Crippen LogP contribution in [0.15, 0.2) is 54.7 Å². The van der Waals surface area contributed by atoms with Gasteiger partial charge in [-0.15, -0.1) is 0 Å². The largest absolute Gasteiger partial charge is 0.396 e. The molecule has 0 fully saturated rings. The average molecular weight is 381 g/mol. The highest BCUT2D eigenvalue weighted by Gasteiger charge is 2.06. The van der Waals surface area contributed by atoms with Gasteiger partial charge in [-0.2, -0.15) is 0 Å². The third-order valence-corrected chi connectivity index (χ3v) is 3.73. The van der Waals surface area contributed by atoms with E-state index >= 15 is 0 Å². The van der Waals surface area contributed by atoms with Crippen LogP contribution in [0.1, 0.15) is 16.8 Å². The van der Waals surface area contributed by atoms with Crippen LogP contribution in [0.25, 0.3) is 0 Å². The van der Waals surface area contributed by atoms with Crippen LogP contribution in [0.2, 0.25) is 5.15 Å². The minimum Gasteiger partial charge on any atom is -0.396 e. The highest BCUT2D eigenvalue weighted by molar-refractivity contribution is 6.29. The Balaban J connectivity index is 1.70. The van der Waals surface area contributed by atoms with Crippen LogP contribution < -0.4 is 11.1 Å². The molecule has 0 aliphatic carbocycles. The smallest absolute Gasteiger partial charge is 0.229 e. The summed E-state index contributed by atoms with van der Waals surface area (Å²) in [5.41, 5.74) is 7.95. The molecule has 0 aliphatic rings. The molecule has 3 aromatic rings. The number of pyridine rings is 2. The molecule has 0 saturated heterocycles. The first kappa shape index (κ1) is 18.4. The lowest BCUT2D eigenvalue weighted by atomic mass is 10.1. The lowest BCUT2D eigenvalue weighted by Gasteiger charge is -2.05. The number of nitrogens with one attached hydrogen (secondary N) is 1. The van der Waals surface area contributed by atoms with Gasteiger partial charge in [0.1, 0.15) is 22.5 Å². The molecule has 7 heteroatoms. The maximum Gasteiger partial charge on any atom is 0.229 e. The Hall–Kier alpha value is -3.43. The summed E-state index contributed by atoms with van der Waals surface area (Å²) in [7, 11) is 0. The van der Waals surface area contributed by atoms with Gasteiger partial charge in [-0.1, -0.05) is 29.7 Å². The lowest BCUT2D eigenvalue weighted by molar-refractivity contribution is -0.115. The number of carbonyl (C=O) groups excluding carboxylic acids is 1. The lowest BCUT2D eigenvalue weighted by Crippen LogP contribution is -2.15. The minimum absolute atomic E-state index is 0.112. The van der Waals surface area contributed by atoms with Crippen molar-refractivity contribution in [3.8, 4) is 11.8 Å². The molecule has 134 valence electrons. The normalized spacial score (nSPS) is 10.0. The molecule has 0 bridgehead atoms. The molecule has 1 aromatic carbocycles. The van der Waals surface area contributed by atoms with Crippen molar-refractivity contribution in [2.45, 2.75) is 6.42 Å². The van der Waals surface area contributed by atoms with Crippen LogP contribution in [0.3, 0.4) is 0 Å². The fourth-order valence-corrected chi connectivity index (χ4v) is 2.38. The monoisotopic (exact) mass is 380 g/mol. The van der Waals surface area contributed by atoms with Gasteiger partial charge in [0.15, 0.2) is 0 Å². The van der Waals surface area contributed by atoms with Gasteiger partial charge in [0.25, 0.3) is 0 Å². The number of nitrogens with zero attached hydrogens (tertiary/aromatic N) is 2. The summed E-state index contributed by atoms with van der Waals surface area (Å²) in [6.45, 7) is 0. The van der Waals surface area contributed by atoms with Gasteiger partial charge in [0.2, 0.25) is 5.91 Å². The zero-order valence-electron chi connectivity index (χ0n) is 14.0. The number of nitrogens with two attached hydrogens (primary N) is 1. The van der Waals surface area contributed by atoms with Crippen LogP contribution in [-0.2, 0) is 11.2 Å². The van der Waals surface area contributed by atoms with E-state index in [0.717, 1.165) is 0 Å². The fraction of sp³-hybridized carbons (Fsp3) is 0.0500. The summed E-state index contributed by atoms with van der Waals surface area (Å²) < 4.78 is 12.9. The van der Waals surface area contributed by atoms with Crippen molar-refractivity contribution >= 4 is 29.0 Å². The second-order valence-electron chi connectivity index (χ2n) is 5.60. The van der Waals surface area contributed by atoms with Gasteiger partial charge < -0.3 is 11.1 Å². The number of rotatable bonds is 3. The van der Waals surface area contributed by atoms with Crippen molar-refractivity contribution in [3.05, 3.63) is 82.5 Å². The van der Waals surface area contributed by atoms with Crippen molar-refractivity contribution in [2.75, 3.05) is 11.1 Å². The van der Waals surface area contributed by atoms with Gasteiger partial charge >= 0.3 is 0 Å². The van der Waals surface area contributed by atoms with Crippen molar-refractivity contribution in [3.63, 3.8) is 0 Å². The predicted octanol–water partition coefficient (Wildman–Crippen LogP) is 3.43. The quantitative estimate of drug-likeness (QED) is 0.539. The second kappa shape index (κ2) is 8.30. The summed E-state index contributed by atoms with van der Waals surface area (Å²) in [4.78, 5) is 20.3. The van der Waals surface area contributed by atoms with Gasteiger partial charge in [-0.05, 0) is 47.9 Å². The maximum atomic E-state index is 12.9. The molecule has 27 heavy (non-hydrogen) atoms. The standard InChI is InChI=1S/C20H14ClFN4O/c21-18-8-6-16(23)17(25-18)7-3-14-9-10-24-19(11-14)26-20(27)12-13-1-4-15(22)5-2-13/h1-2,4-6,8-11H,12,23H2,(H,24,26,27). The van der Waals surface area contributed by atoms with E-state index < -0.39 is 0 Å². The molecule has 3 rings (SSSR count). The van der Waals surface area contributed by atoms with E-state index in [-0.39, 0.29) is 18.1 Å². The molecule has 2 aromatic heterocycles. The van der Waals surface area contributed by atoms with Crippen molar-refractivity contribution in [1.29, 1.82) is 0 Å². The van der Waals surface area contributed by atoms with E-state index in [0.29, 0.717) is 33.5 Å². The molecule has 0 atom stereocenters. The van der Waals surface area contributed by atoms with Crippen molar-refractivity contribution in [2.24, 2.45) is 0 Å². The zero-order chi connectivity index (χ0) is 19.2. The van der Waals surface area contributed by atoms with Crippen molar-refractivity contribution in [1.82, 2.24) is 9.97 Å². The third-order valence-electron chi connectivity index (χ3n) is 3.52. The number of aromatic nitrogens is 2. The van der Waals surface area contributed by atoms with Gasteiger partial charge in [-0.25, -0.2) is 14.4 Å². The number of nitrogen functional groups attached to an aromatic ring is 1. The number of halogens is 2. The van der Waals surface area contributed by atoms with Crippen LogP contribution in [0.4, 0.5) is 15.9 Å². The van der Waals surface area contributed by atoms with E-state index in [1.165, 1.54) is 18.3 Å². The van der Waals surface area contributed by atoms with Crippen LogP contribution in [0.5, 0.6) is 0 Å². The molecule has 0 radical (unpaired) electrons. The first-order valence-electron chi connectivity index (χ1n) is 7.94. The molecule has 0 unspecified atom stereocenters. The van der Waals surface area contributed by atoms with Gasteiger partial charge in [0, 0.05) is 11.8 Å². The SMILES string of the molecule is Nc1ccc(Cl)nc1C#Cc1ccnc(NC(=O)Cc2ccc(F)cc2)c1. The summed E-state index contributed by atoms with van der Waals surface area (Å²) in [5.74, 6) is 5.52. The molecule has 1 amide bonds. The molecule has 2 heterocycles. The number of amides is 1. The summed E-state index contributed by atoms with van der Waals surface area (Å²) >= 11 is 5.84. The van der Waals surface area contributed by atoms with Gasteiger partial charge in [0.05, 0.1) is 12.1 Å². The van der Waals surface area contributed by atoms with E-state index in [1.54, 1.807) is 36.4 Å². The minimum atomic E-state index is -0.345. The fourth-order valence-electron chi connectivity index (χ4n) is 2.23. The Morgan fingerprint density at radius 3 is 2.70 bits per heavy atom. The molecule has 0 saturated carbocycles. The summed E-state index contributed by atoms with van der Waals surface area (Å²) in [5, 5.41) is 2.99. The Bertz CT molecular complexity index is 1040. The summed E-state index contributed by atoms with van der Waals surface area (Å²) in [6, 6.07) is 12.3. The third kappa shape index (κ3) is 5.27. The highest BCUT2D eigenvalue weighted by Crippen LogP contribution is 2.13. The Morgan fingerprint density at radius 2 is 1.93 bits per heavy atom. The predicted molar refractivity (Wildman–Crippen MR) is 103 cm³/mol. The maximum absolute atomic E-state index is 12.9. The molecule has 5 nitrogen and oxygen atoms in total. The number of carbonyl (C=O) groups is 1. The molecule has 0 aliphatic heterocycles. The topological polar surface area (TPSA) is 80.9 Å². The Labute approximate surface area is 160 Å². The summed E-state index contributed by atoms with van der Waals surface area (Å²) in [6.07, 6.45) is 1.65. The number of benzene rings is 1. The van der Waals surface area contributed by atoms with Crippen LogP contribution >= 0.6 is 11.6 Å². The first-order valence-corrected chi connectivity index (χ1v) is 8.32. The van der Waals surface area contributed by atoms with E-state index in [1.807, 2.05) is 0 Å². The molecular weight excluding hydrogens is 367 g/mol. The Morgan fingerprint density at radius 1 is 1.15 bits per heavy atom. The van der Waals surface area contributed by atoms with Gasteiger partial charge in [-0.3, -0.25) is 4.79 Å². The zero-order valence-corrected chi connectivity index (χ0v) is 14.8. The van der Waals surface area contributed by atoms with Crippen LogP contribution in [-0.4, -0.2) is 15.9 Å². The van der Waals surface area contributed by atoms with E-state index in [9.17, 15) is 9.18 Å². The molecular formula is C20H14ClFN4O. The average Bonchev–Trinajstić information content (AvgIpc) is 2.64. The van der Waals surface area contributed by atoms with Crippen molar-refractivity contribution < 1.29 is 9.18 Å². The van der Waals surface area contributed by atoms with E-state index in [4.69, 9.17) is 17.3 Å². The number of hydrogen-bond donors (Lipinski definition) is 2. The molecule has 0 spiro atoms. The van der Waals surface area contributed by atoms with Crippen LogP contribution in [0, 0.1) is 17.7 Å². The number of hydrogen-bond acceptors (Lipinski definition) is 4. The van der Waals surface area contributed by atoms with E-state index in [2.05, 4.69) is 27.1 Å². The first-order chi connectivity index (χ1) is 13.0. The molecule has 3 N–H and O–H groups in total.